The van der Waals surface area contributed by atoms with E-state index in [1.807, 2.05) is 37.3 Å². The fraction of sp³-hybridized carbons (Fsp3) is 0.190. The van der Waals surface area contributed by atoms with Gasteiger partial charge in [0.25, 0.3) is 5.91 Å². The highest BCUT2D eigenvalue weighted by molar-refractivity contribution is 6.04. The number of para-hydroxylation sites is 2. The summed E-state index contributed by atoms with van der Waals surface area (Å²) in [6.45, 7) is 5.09. The van der Waals surface area contributed by atoms with E-state index in [4.69, 9.17) is 4.74 Å². The number of benzene rings is 2. The number of carbonyl (C=O) groups is 1. The molecule has 0 radical (unpaired) electrons. The Morgan fingerprint density at radius 1 is 1.07 bits per heavy atom. The molecule has 6 nitrogen and oxygen atoms in total. The van der Waals surface area contributed by atoms with Gasteiger partial charge in [0.1, 0.15) is 23.6 Å². The summed E-state index contributed by atoms with van der Waals surface area (Å²) in [6.07, 6.45) is 1.38. The molecule has 0 saturated carbocycles. The van der Waals surface area contributed by atoms with Crippen LogP contribution in [0.3, 0.4) is 0 Å². The van der Waals surface area contributed by atoms with Gasteiger partial charge >= 0.3 is 0 Å². The predicted molar refractivity (Wildman–Crippen MR) is 106 cm³/mol. The molecule has 1 amide bonds. The van der Waals surface area contributed by atoms with Crippen molar-refractivity contribution in [1.29, 1.82) is 0 Å². The maximum atomic E-state index is 12.6. The van der Waals surface area contributed by atoms with Crippen LogP contribution < -0.4 is 15.4 Å². The number of nitrogens with one attached hydrogen (secondary N) is 2. The molecule has 0 bridgehead atoms. The van der Waals surface area contributed by atoms with Crippen LogP contribution in [0.5, 0.6) is 5.75 Å². The van der Waals surface area contributed by atoms with Crippen LogP contribution >= 0.6 is 0 Å². The van der Waals surface area contributed by atoms with E-state index in [2.05, 4.69) is 39.7 Å². The lowest BCUT2D eigenvalue weighted by Crippen LogP contribution is -2.15. The Balaban J connectivity index is 1.68. The van der Waals surface area contributed by atoms with Gasteiger partial charge in [-0.15, -0.1) is 0 Å². The Morgan fingerprint density at radius 2 is 1.93 bits per heavy atom. The number of aryl methyl sites for hydroxylation is 1. The third-order valence-corrected chi connectivity index (χ3v) is 3.89. The van der Waals surface area contributed by atoms with Crippen LogP contribution in [0.4, 0.5) is 11.5 Å². The number of hydrogen-bond donors (Lipinski definition) is 2. The van der Waals surface area contributed by atoms with Crippen molar-refractivity contribution >= 4 is 17.4 Å². The van der Waals surface area contributed by atoms with Crippen molar-refractivity contribution in [3.05, 3.63) is 77.7 Å². The third kappa shape index (κ3) is 5.04. The monoisotopic (exact) mass is 362 g/mol. The number of rotatable bonds is 7. The van der Waals surface area contributed by atoms with Gasteiger partial charge in [0.05, 0.1) is 12.3 Å². The molecule has 0 unspecified atom stereocenters. The molecular formula is C21H22N4O2. The lowest BCUT2D eigenvalue weighted by molar-refractivity contribution is 0.102. The maximum absolute atomic E-state index is 12.6. The molecule has 138 valence electrons. The summed E-state index contributed by atoms with van der Waals surface area (Å²) in [4.78, 5) is 20.8. The molecule has 0 atom stereocenters. The third-order valence-electron chi connectivity index (χ3n) is 3.89. The number of ether oxygens (including phenoxy) is 1. The summed E-state index contributed by atoms with van der Waals surface area (Å²) in [5.74, 6) is 0.901. The fourth-order valence-corrected chi connectivity index (χ4v) is 2.63. The molecule has 0 saturated heterocycles. The van der Waals surface area contributed by atoms with Gasteiger partial charge in [0.15, 0.2) is 0 Å². The van der Waals surface area contributed by atoms with E-state index in [1.54, 1.807) is 12.1 Å². The number of carbonyl (C=O) groups excluding carboxylic acids is 1. The van der Waals surface area contributed by atoms with Gasteiger partial charge in [-0.2, -0.15) is 0 Å². The van der Waals surface area contributed by atoms with Gasteiger partial charge in [-0.1, -0.05) is 42.0 Å². The molecular weight excluding hydrogens is 340 g/mol. The molecule has 0 aliphatic rings. The second-order valence-electron chi connectivity index (χ2n) is 6.01. The Bertz CT molecular complexity index is 927. The van der Waals surface area contributed by atoms with Gasteiger partial charge in [0.2, 0.25) is 0 Å². The van der Waals surface area contributed by atoms with Gasteiger partial charge in [0, 0.05) is 12.6 Å². The van der Waals surface area contributed by atoms with Crippen molar-refractivity contribution < 1.29 is 9.53 Å². The second kappa shape index (κ2) is 8.80. The summed E-state index contributed by atoms with van der Waals surface area (Å²) in [5, 5.41) is 6.06. The van der Waals surface area contributed by atoms with E-state index >= 15 is 0 Å². The van der Waals surface area contributed by atoms with E-state index in [0.29, 0.717) is 30.4 Å². The first-order valence-electron chi connectivity index (χ1n) is 8.80. The van der Waals surface area contributed by atoms with E-state index in [-0.39, 0.29) is 11.6 Å². The lowest BCUT2D eigenvalue weighted by atomic mass is 10.1. The minimum Gasteiger partial charge on any atom is -0.492 e. The van der Waals surface area contributed by atoms with Crippen LogP contribution in [-0.4, -0.2) is 22.5 Å². The van der Waals surface area contributed by atoms with Gasteiger partial charge in [-0.3, -0.25) is 4.79 Å². The highest BCUT2D eigenvalue weighted by atomic mass is 16.5. The molecule has 1 aromatic heterocycles. The minimum atomic E-state index is -0.317. The maximum Gasteiger partial charge on any atom is 0.274 e. The average Bonchev–Trinajstić information content (AvgIpc) is 2.68. The summed E-state index contributed by atoms with van der Waals surface area (Å²) >= 11 is 0. The van der Waals surface area contributed by atoms with Crippen LogP contribution in [0.1, 0.15) is 28.5 Å². The topological polar surface area (TPSA) is 76.1 Å². The first-order valence-corrected chi connectivity index (χ1v) is 8.80. The molecule has 1 heterocycles. The quantitative estimate of drug-likeness (QED) is 0.663. The molecule has 0 aliphatic carbocycles. The van der Waals surface area contributed by atoms with Crippen molar-refractivity contribution in [3.63, 3.8) is 0 Å². The number of anilines is 2. The van der Waals surface area contributed by atoms with Gasteiger partial charge in [-0.05, 0) is 31.5 Å². The van der Waals surface area contributed by atoms with E-state index in [1.165, 1.54) is 11.9 Å². The summed E-state index contributed by atoms with van der Waals surface area (Å²) in [5.41, 5.74) is 3.23. The predicted octanol–water partition coefficient (Wildman–Crippen LogP) is 4.05. The molecule has 0 aliphatic heterocycles. The molecule has 3 rings (SSSR count). The molecule has 27 heavy (non-hydrogen) atoms. The van der Waals surface area contributed by atoms with Crippen molar-refractivity contribution in [1.82, 2.24) is 9.97 Å². The van der Waals surface area contributed by atoms with E-state index in [9.17, 15) is 4.79 Å². The number of hydrogen-bond acceptors (Lipinski definition) is 5. The normalized spacial score (nSPS) is 10.3. The first-order chi connectivity index (χ1) is 13.2. The highest BCUT2D eigenvalue weighted by Gasteiger charge is 2.12. The molecule has 0 spiro atoms. The molecule has 2 N–H and O–H groups in total. The fourth-order valence-electron chi connectivity index (χ4n) is 2.63. The summed E-state index contributed by atoms with van der Waals surface area (Å²) in [6, 6.07) is 17.2. The van der Waals surface area contributed by atoms with Crippen LogP contribution in [0, 0.1) is 6.92 Å². The molecule has 2 aromatic carbocycles. The highest BCUT2D eigenvalue weighted by Crippen LogP contribution is 2.24. The summed E-state index contributed by atoms with van der Waals surface area (Å²) in [7, 11) is 0. The summed E-state index contributed by atoms with van der Waals surface area (Å²) < 4.78 is 5.53. The number of aromatic nitrogens is 2. The van der Waals surface area contributed by atoms with E-state index in [0.717, 1.165) is 5.56 Å². The van der Waals surface area contributed by atoms with Crippen molar-refractivity contribution in [2.24, 2.45) is 0 Å². The zero-order valence-electron chi connectivity index (χ0n) is 15.4. The standard InChI is InChI=1S/C21H22N4O2/c1-3-27-19-10-5-4-9-17(19)25-21(26)18-12-20(24-14-23-18)22-13-16-8-6-7-15(2)11-16/h4-12,14H,3,13H2,1-2H3,(H,25,26)(H,22,23,24). The van der Waals surface area contributed by atoms with Crippen molar-refractivity contribution in [2.75, 3.05) is 17.2 Å². The first kappa shape index (κ1) is 18.4. The lowest BCUT2D eigenvalue weighted by Gasteiger charge is -2.11. The van der Waals surface area contributed by atoms with Crippen molar-refractivity contribution in [3.8, 4) is 5.75 Å². The van der Waals surface area contributed by atoms with E-state index < -0.39 is 0 Å². The number of nitrogens with zero attached hydrogens (tertiary/aromatic N) is 2. The Labute approximate surface area is 158 Å². The molecule has 6 heteroatoms. The largest absolute Gasteiger partial charge is 0.492 e. The average molecular weight is 362 g/mol. The Kier molecular flexibility index (Phi) is 5.99. The Morgan fingerprint density at radius 3 is 2.74 bits per heavy atom. The van der Waals surface area contributed by atoms with Crippen LogP contribution in [-0.2, 0) is 6.54 Å². The van der Waals surface area contributed by atoms with Gasteiger partial charge < -0.3 is 15.4 Å². The minimum absolute atomic E-state index is 0.281. The van der Waals surface area contributed by atoms with Crippen molar-refractivity contribution in [2.45, 2.75) is 20.4 Å². The van der Waals surface area contributed by atoms with Crippen LogP contribution in [0.2, 0.25) is 0 Å². The van der Waals surface area contributed by atoms with Crippen LogP contribution in [0.25, 0.3) is 0 Å². The second-order valence-corrected chi connectivity index (χ2v) is 6.01. The SMILES string of the molecule is CCOc1ccccc1NC(=O)c1cc(NCc2cccc(C)c2)ncn1. The zero-order valence-corrected chi connectivity index (χ0v) is 15.4. The zero-order chi connectivity index (χ0) is 19.1. The molecule has 0 fully saturated rings. The number of amides is 1. The Hall–Kier alpha value is -3.41. The van der Waals surface area contributed by atoms with Gasteiger partial charge in [-0.25, -0.2) is 9.97 Å². The van der Waals surface area contributed by atoms with Crippen LogP contribution in [0.15, 0.2) is 60.9 Å². The smallest absolute Gasteiger partial charge is 0.274 e. The molecule has 3 aromatic rings.